The first kappa shape index (κ1) is 33.8. The van der Waals surface area contributed by atoms with Gasteiger partial charge in [-0.15, -0.1) is 0 Å². The van der Waals surface area contributed by atoms with Crippen molar-refractivity contribution in [1.82, 2.24) is 0 Å². The third kappa shape index (κ3) is 5.62. The summed E-state index contributed by atoms with van der Waals surface area (Å²) in [4.78, 5) is 9.70. The van der Waals surface area contributed by atoms with E-state index in [4.69, 9.17) is 0 Å². The molecule has 0 aromatic heterocycles. The molecule has 0 fully saturated rings. The van der Waals surface area contributed by atoms with Crippen LogP contribution in [0.5, 0.6) is 0 Å². The molecule has 2 heterocycles. The van der Waals surface area contributed by atoms with Crippen molar-refractivity contribution in [2.24, 2.45) is 0 Å². The zero-order chi connectivity index (χ0) is 38.4. The summed E-state index contributed by atoms with van der Waals surface area (Å²) < 4.78 is 0. The van der Waals surface area contributed by atoms with E-state index in [0.717, 1.165) is 46.2 Å². The SMILES string of the molecule is C1=CCC(N2c3cc(N(c4ccccc4)c4cccc(N(c5ccccc5)c5ccccc5)c4)ccc3B3c4ccccc4N(c4ccccc4)c4cccc2c43)=C1. The minimum Gasteiger partial charge on any atom is -0.315 e. The predicted octanol–water partition coefficient (Wildman–Crippen LogP) is 12.2. The summed E-state index contributed by atoms with van der Waals surface area (Å²) >= 11 is 0. The molecule has 58 heavy (non-hydrogen) atoms. The van der Waals surface area contributed by atoms with Gasteiger partial charge in [0.15, 0.2) is 0 Å². The Morgan fingerprint density at radius 1 is 0.379 bits per heavy atom. The molecular formula is C53H39BN4. The lowest BCUT2D eigenvalue weighted by molar-refractivity contribution is 1.10. The minimum absolute atomic E-state index is 0.0661. The molecule has 0 radical (unpaired) electrons. The van der Waals surface area contributed by atoms with Crippen LogP contribution in [0.1, 0.15) is 6.42 Å². The summed E-state index contributed by atoms with van der Waals surface area (Å²) in [6.45, 7) is 0.0661. The molecule has 0 spiro atoms. The Bertz CT molecular complexity index is 2800. The van der Waals surface area contributed by atoms with E-state index in [9.17, 15) is 0 Å². The Morgan fingerprint density at radius 2 is 0.862 bits per heavy atom. The van der Waals surface area contributed by atoms with Crippen molar-refractivity contribution in [3.8, 4) is 0 Å². The first-order chi connectivity index (χ1) is 28.8. The highest BCUT2D eigenvalue weighted by Crippen LogP contribution is 2.46. The Labute approximate surface area is 340 Å². The van der Waals surface area contributed by atoms with E-state index >= 15 is 0 Å². The normalized spacial score (nSPS) is 13.4. The standard InChI is InChI=1S/C53H39BN4/c1-5-19-39(20-6-1)55(40-21-7-2-8-22-40)44-29-17-30-45(37-44)56(41-23-9-3-10-24-41)46-35-36-48-52(38-46)58(43-27-13-14-28-43)51-34-18-33-50-53(51)54(48)47-31-15-16-32-49(47)57(50)42-25-11-4-12-26-42/h1-27,29-38H,28H2. The van der Waals surface area contributed by atoms with Crippen LogP contribution < -0.4 is 36.0 Å². The third-order valence-electron chi connectivity index (χ3n) is 11.6. The zero-order valence-electron chi connectivity index (χ0n) is 31.9. The van der Waals surface area contributed by atoms with Crippen LogP contribution in [0.4, 0.5) is 62.6 Å². The van der Waals surface area contributed by atoms with E-state index in [1.165, 1.54) is 44.8 Å². The van der Waals surface area contributed by atoms with Gasteiger partial charge < -0.3 is 19.6 Å². The van der Waals surface area contributed by atoms with Crippen molar-refractivity contribution < 1.29 is 0 Å². The third-order valence-corrected chi connectivity index (χ3v) is 11.6. The second kappa shape index (κ2) is 14.2. The molecule has 274 valence electrons. The predicted molar refractivity (Wildman–Crippen MR) is 246 cm³/mol. The second-order valence-corrected chi connectivity index (χ2v) is 14.9. The molecule has 8 aromatic carbocycles. The topological polar surface area (TPSA) is 13.0 Å². The molecule has 0 unspecified atom stereocenters. The summed E-state index contributed by atoms with van der Waals surface area (Å²) in [5, 5.41) is 0. The average Bonchev–Trinajstić information content (AvgIpc) is 3.83. The first-order valence-electron chi connectivity index (χ1n) is 20.0. The van der Waals surface area contributed by atoms with Crippen LogP contribution in [0.25, 0.3) is 0 Å². The highest BCUT2D eigenvalue weighted by molar-refractivity contribution is 7.00. The van der Waals surface area contributed by atoms with Crippen molar-refractivity contribution in [3.63, 3.8) is 0 Å². The van der Waals surface area contributed by atoms with Crippen LogP contribution >= 0.6 is 0 Å². The van der Waals surface area contributed by atoms with Gasteiger partial charge in [-0.3, -0.25) is 0 Å². The fraction of sp³-hybridized carbons (Fsp3) is 0.0189. The molecule has 0 amide bonds. The lowest BCUT2D eigenvalue weighted by Gasteiger charge is -2.44. The van der Waals surface area contributed by atoms with Crippen LogP contribution in [0.3, 0.4) is 0 Å². The van der Waals surface area contributed by atoms with Crippen molar-refractivity contribution in [1.29, 1.82) is 0 Å². The number of allylic oxidation sites excluding steroid dienone is 3. The van der Waals surface area contributed by atoms with E-state index in [1.807, 2.05) is 0 Å². The van der Waals surface area contributed by atoms with Crippen molar-refractivity contribution >= 4 is 85.7 Å². The zero-order valence-corrected chi connectivity index (χ0v) is 31.9. The van der Waals surface area contributed by atoms with Gasteiger partial charge >= 0.3 is 0 Å². The second-order valence-electron chi connectivity index (χ2n) is 14.9. The van der Waals surface area contributed by atoms with E-state index < -0.39 is 0 Å². The summed E-state index contributed by atoms with van der Waals surface area (Å²) in [7, 11) is 0. The molecule has 0 saturated carbocycles. The van der Waals surface area contributed by atoms with E-state index in [1.54, 1.807) is 0 Å². The van der Waals surface area contributed by atoms with Crippen LogP contribution in [-0.4, -0.2) is 6.71 Å². The van der Waals surface area contributed by atoms with Gasteiger partial charge in [-0.05, 0) is 120 Å². The average molecular weight is 743 g/mol. The monoisotopic (exact) mass is 742 g/mol. The van der Waals surface area contributed by atoms with E-state index in [-0.39, 0.29) is 6.71 Å². The number of hydrogen-bond acceptors (Lipinski definition) is 4. The highest BCUT2D eigenvalue weighted by atomic mass is 15.2. The van der Waals surface area contributed by atoms with Gasteiger partial charge in [-0.25, -0.2) is 0 Å². The molecular weight excluding hydrogens is 703 g/mol. The van der Waals surface area contributed by atoms with E-state index in [0.29, 0.717) is 0 Å². The summed E-state index contributed by atoms with van der Waals surface area (Å²) in [6.07, 6.45) is 7.61. The fourth-order valence-corrected chi connectivity index (χ4v) is 9.17. The fourth-order valence-electron chi connectivity index (χ4n) is 9.17. The smallest absolute Gasteiger partial charge is 0.252 e. The number of benzene rings is 8. The molecule has 3 aliphatic rings. The summed E-state index contributed by atoms with van der Waals surface area (Å²) in [5.41, 5.74) is 17.8. The van der Waals surface area contributed by atoms with Gasteiger partial charge in [0.05, 0.1) is 0 Å². The number of rotatable bonds is 8. The molecule has 0 atom stereocenters. The molecule has 4 nitrogen and oxygen atoms in total. The molecule has 2 aliphatic heterocycles. The van der Waals surface area contributed by atoms with Gasteiger partial charge in [0, 0.05) is 74.7 Å². The van der Waals surface area contributed by atoms with Crippen molar-refractivity contribution in [2.45, 2.75) is 6.42 Å². The number of hydrogen-bond donors (Lipinski definition) is 0. The highest BCUT2D eigenvalue weighted by Gasteiger charge is 2.43. The van der Waals surface area contributed by atoms with Crippen LogP contribution in [0.2, 0.25) is 0 Å². The lowest BCUT2D eigenvalue weighted by atomic mass is 9.33. The van der Waals surface area contributed by atoms with E-state index in [2.05, 4.69) is 244 Å². The number of nitrogens with zero attached hydrogens (tertiary/aromatic N) is 4. The first-order valence-corrected chi connectivity index (χ1v) is 20.0. The molecule has 1 aliphatic carbocycles. The maximum absolute atomic E-state index is 2.53. The Morgan fingerprint density at radius 3 is 1.48 bits per heavy atom. The maximum atomic E-state index is 2.53. The van der Waals surface area contributed by atoms with Gasteiger partial charge in [0.25, 0.3) is 6.71 Å². The minimum atomic E-state index is 0.0661. The van der Waals surface area contributed by atoms with Gasteiger partial charge in [-0.2, -0.15) is 0 Å². The molecule has 0 N–H and O–H groups in total. The van der Waals surface area contributed by atoms with Crippen molar-refractivity contribution in [3.05, 3.63) is 230 Å². The maximum Gasteiger partial charge on any atom is 0.252 e. The van der Waals surface area contributed by atoms with Crippen LogP contribution in [0, 0.1) is 0 Å². The molecule has 11 rings (SSSR count). The number of anilines is 11. The van der Waals surface area contributed by atoms with Gasteiger partial charge in [-0.1, -0.05) is 121 Å². The molecule has 0 bridgehead atoms. The Balaban J connectivity index is 1.10. The van der Waals surface area contributed by atoms with Gasteiger partial charge in [0.1, 0.15) is 0 Å². The summed E-state index contributed by atoms with van der Waals surface area (Å²) in [6, 6.07) is 74.6. The lowest BCUT2D eigenvalue weighted by Crippen LogP contribution is -2.61. The largest absolute Gasteiger partial charge is 0.315 e. The van der Waals surface area contributed by atoms with Crippen LogP contribution in [-0.2, 0) is 0 Å². The number of fused-ring (bicyclic) bond motifs is 4. The summed E-state index contributed by atoms with van der Waals surface area (Å²) in [5.74, 6) is 0. The van der Waals surface area contributed by atoms with Crippen molar-refractivity contribution in [2.75, 3.05) is 19.6 Å². The molecule has 5 heteroatoms. The van der Waals surface area contributed by atoms with Gasteiger partial charge in [0.2, 0.25) is 0 Å². The Hall–Kier alpha value is -7.50. The van der Waals surface area contributed by atoms with Crippen LogP contribution in [0.15, 0.2) is 230 Å². The quantitative estimate of drug-likeness (QED) is 0.144. The number of para-hydroxylation sites is 5. The molecule has 0 saturated heterocycles. The Kier molecular flexibility index (Phi) is 8.29. The molecule has 8 aromatic rings.